The number of rotatable bonds is 6. The van der Waals surface area contributed by atoms with Gasteiger partial charge < -0.3 is 4.74 Å². The number of hydrogen-bond acceptors (Lipinski definition) is 6. The van der Waals surface area contributed by atoms with E-state index in [1.165, 1.54) is 23.5 Å². The monoisotopic (exact) mass is 471 g/mol. The van der Waals surface area contributed by atoms with Crippen LogP contribution >= 0.6 is 11.3 Å². The predicted molar refractivity (Wildman–Crippen MR) is 119 cm³/mol. The van der Waals surface area contributed by atoms with Crippen LogP contribution in [0.15, 0.2) is 51.8 Å². The van der Waals surface area contributed by atoms with Crippen molar-refractivity contribution in [3.05, 3.63) is 69.1 Å². The maximum atomic E-state index is 12.8. The van der Waals surface area contributed by atoms with Gasteiger partial charge in [0.15, 0.2) is 5.82 Å². The first-order valence-electron chi connectivity index (χ1n) is 9.93. The number of ether oxygens (including phenoxy) is 1. The molecule has 11 heteroatoms. The Balaban J connectivity index is 1.56. The van der Waals surface area contributed by atoms with Crippen LogP contribution in [0.25, 0.3) is 22.0 Å². The lowest BCUT2D eigenvalue weighted by Crippen LogP contribution is -2.11. The van der Waals surface area contributed by atoms with Gasteiger partial charge in [-0.25, -0.2) is 9.78 Å². The van der Waals surface area contributed by atoms with Gasteiger partial charge in [-0.2, -0.15) is 13.2 Å². The van der Waals surface area contributed by atoms with Gasteiger partial charge in [0.2, 0.25) is 0 Å². The molecule has 0 aliphatic rings. The number of thiazole rings is 1. The fourth-order valence-electron chi connectivity index (χ4n) is 3.29. The number of hydrogen-bond donors (Lipinski definition) is 1. The topological polar surface area (TPSA) is 81.0 Å². The molecule has 2 aromatic heterocycles. The Morgan fingerprint density at radius 1 is 1.21 bits per heavy atom. The van der Waals surface area contributed by atoms with Crippen LogP contribution < -0.4 is 16.0 Å². The molecule has 1 unspecified atom stereocenters. The minimum absolute atomic E-state index is 0.218. The highest BCUT2D eigenvalue weighted by atomic mass is 32.1. The molecule has 0 saturated carbocycles. The molecular weight excluding hydrogens is 454 g/mol. The van der Waals surface area contributed by atoms with Crippen molar-refractivity contribution in [2.75, 3.05) is 0 Å². The van der Waals surface area contributed by atoms with Crippen molar-refractivity contribution in [1.82, 2.24) is 15.1 Å². The molecule has 0 spiro atoms. The molecule has 0 amide bonds. The quantitative estimate of drug-likeness (QED) is 0.409. The number of nitrogens with one attached hydrogen (secondary N) is 1. The van der Waals surface area contributed by atoms with Crippen LogP contribution in [0.5, 0.6) is 5.75 Å². The molecule has 2 heterocycles. The predicted octanol–water partition coefficient (Wildman–Crippen LogP) is 4.80. The van der Waals surface area contributed by atoms with Gasteiger partial charge in [-0.3, -0.25) is 9.51 Å². The highest BCUT2D eigenvalue weighted by molar-refractivity contribution is 7.15. The molecule has 33 heavy (non-hydrogen) atoms. The number of halogens is 3. The minimum Gasteiger partial charge on any atom is -0.485 e. The van der Waals surface area contributed by atoms with E-state index in [0.29, 0.717) is 33.8 Å². The van der Waals surface area contributed by atoms with Gasteiger partial charge >= 0.3 is 11.9 Å². The summed E-state index contributed by atoms with van der Waals surface area (Å²) in [5.74, 6) is 0.0497. The van der Waals surface area contributed by atoms with Crippen LogP contribution in [0.3, 0.4) is 0 Å². The number of aryl methyl sites for hydroxylation is 1. The van der Waals surface area contributed by atoms with E-state index in [9.17, 15) is 18.0 Å². The van der Waals surface area contributed by atoms with Crippen LogP contribution in [0.2, 0.25) is 0 Å². The normalized spacial score (nSPS) is 12.6. The van der Waals surface area contributed by atoms with Crippen LogP contribution in [0.4, 0.5) is 13.2 Å². The first kappa shape index (κ1) is 22.8. The van der Waals surface area contributed by atoms with Gasteiger partial charge in [-0.15, -0.1) is 11.3 Å². The van der Waals surface area contributed by atoms with E-state index in [4.69, 9.17) is 12.6 Å². The average molecular weight is 471 g/mol. The summed E-state index contributed by atoms with van der Waals surface area (Å²) >= 11 is 1.37. The van der Waals surface area contributed by atoms with Crippen molar-refractivity contribution in [2.24, 2.45) is 0 Å². The molecular formula is C22H17BF3N3O3S. The van der Waals surface area contributed by atoms with Gasteiger partial charge in [0.25, 0.3) is 0 Å². The Morgan fingerprint density at radius 3 is 2.52 bits per heavy atom. The molecule has 2 aromatic carbocycles. The number of aromatic nitrogens is 3. The van der Waals surface area contributed by atoms with Gasteiger partial charge in [0, 0.05) is 11.1 Å². The lowest BCUT2D eigenvalue weighted by Gasteiger charge is -2.18. The number of benzene rings is 2. The second-order valence-electron chi connectivity index (χ2n) is 7.25. The van der Waals surface area contributed by atoms with E-state index in [2.05, 4.69) is 19.6 Å². The Hall–Kier alpha value is -3.34. The van der Waals surface area contributed by atoms with Crippen molar-refractivity contribution in [3.63, 3.8) is 0 Å². The summed E-state index contributed by atoms with van der Waals surface area (Å²) in [6, 6.07) is 9.92. The standard InChI is InChI=1S/C22H17BF3N3O3S/c1-3-17(31-14-8-9-15(16(23)10-14)19-28-21(30)32-29-19)18-11(2)27-20(33-18)12-4-6-13(7-5-12)22(24,25)26/h4-10,17H,3H2,1-2H3,(H,28,29,30). The van der Waals surface area contributed by atoms with Crippen LogP contribution in [-0.2, 0) is 6.18 Å². The van der Waals surface area contributed by atoms with Crippen molar-refractivity contribution in [3.8, 4) is 27.7 Å². The highest BCUT2D eigenvalue weighted by Crippen LogP contribution is 2.37. The maximum absolute atomic E-state index is 12.8. The minimum atomic E-state index is -4.38. The maximum Gasteiger partial charge on any atom is 0.439 e. The molecule has 0 aliphatic heterocycles. The number of H-pyrrole nitrogens is 1. The SMILES string of the molecule is [B]c1cc(OC(CC)c2sc(-c3ccc(C(F)(F)F)cc3)nc2C)ccc1-c1noc(=O)[nH]1. The summed E-state index contributed by atoms with van der Waals surface area (Å²) in [6.45, 7) is 3.79. The molecule has 0 fully saturated rings. The van der Waals surface area contributed by atoms with Gasteiger partial charge in [-0.05, 0) is 43.7 Å². The van der Waals surface area contributed by atoms with E-state index >= 15 is 0 Å². The Kier molecular flexibility index (Phi) is 6.16. The lowest BCUT2D eigenvalue weighted by molar-refractivity contribution is -0.137. The molecule has 2 radical (unpaired) electrons. The van der Waals surface area contributed by atoms with E-state index in [1.54, 1.807) is 18.2 Å². The molecule has 0 saturated heterocycles. The van der Waals surface area contributed by atoms with E-state index in [-0.39, 0.29) is 11.9 Å². The second-order valence-corrected chi connectivity index (χ2v) is 8.28. The van der Waals surface area contributed by atoms with Gasteiger partial charge in [0.05, 0.1) is 16.1 Å². The molecule has 4 rings (SSSR count). The molecule has 6 nitrogen and oxygen atoms in total. The Morgan fingerprint density at radius 2 is 1.94 bits per heavy atom. The van der Waals surface area contributed by atoms with Gasteiger partial charge in [-0.1, -0.05) is 29.7 Å². The highest BCUT2D eigenvalue weighted by Gasteiger charge is 2.30. The summed E-state index contributed by atoms with van der Waals surface area (Å²) in [7, 11) is 6.10. The molecule has 0 aliphatic carbocycles. The third-order valence-corrected chi connectivity index (χ3v) is 6.25. The van der Waals surface area contributed by atoms with Gasteiger partial charge in [0.1, 0.15) is 24.7 Å². The zero-order valence-electron chi connectivity index (χ0n) is 17.6. The summed E-state index contributed by atoms with van der Waals surface area (Å²) in [5, 5.41) is 4.24. The molecule has 168 valence electrons. The zero-order chi connectivity index (χ0) is 23.8. The smallest absolute Gasteiger partial charge is 0.439 e. The molecule has 1 atom stereocenters. The average Bonchev–Trinajstić information content (AvgIpc) is 3.37. The molecule has 0 bridgehead atoms. The van der Waals surface area contributed by atoms with E-state index in [1.807, 2.05) is 13.8 Å². The first-order valence-corrected chi connectivity index (χ1v) is 10.7. The second kappa shape index (κ2) is 8.89. The van der Waals surface area contributed by atoms with Crippen molar-refractivity contribution >= 4 is 24.6 Å². The summed E-state index contributed by atoms with van der Waals surface area (Å²) in [4.78, 5) is 19.0. The third kappa shape index (κ3) is 4.87. The van der Waals surface area contributed by atoms with Crippen LogP contribution in [0.1, 0.15) is 35.6 Å². The van der Waals surface area contributed by atoms with E-state index in [0.717, 1.165) is 22.7 Å². The van der Waals surface area contributed by atoms with Crippen molar-refractivity contribution < 1.29 is 22.4 Å². The summed E-state index contributed by atoms with van der Waals surface area (Å²) in [6.07, 6.45) is -4.08. The number of aromatic amines is 1. The van der Waals surface area contributed by atoms with Crippen LogP contribution in [0, 0.1) is 6.92 Å². The van der Waals surface area contributed by atoms with Crippen molar-refractivity contribution in [2.45, 2.75) is 32.5 Å². The third-order valence-electron chi connectivity index (χ3n) is 4.95. The largest absolute Gasteiger partial charge is 0.485 e. The first-order chi connectivity index (χ1) is 15.7. The Labute approximate surface area is 191 Å². The Bertz CT molecular complexity index is 1330. The van der Waals surface area contributed by atoms with E-state index < -0.39 is 17.5 Å². The summed E-state index contributed by atoms with van der Waals surface area (Å²) in [5.41, 5.74) is 1.49. The molecule has 1 N–H and O–H groups in total. The lowest BCUT2D eigenvalue weighted by atomic mass is 9.90. The fraction of sp³-hybridized carbons (Fsp3) is 0.227. The fourth-order valence-corrected chi connectivity index (χ4v) is 4.48. The summed E-state index contributed by atoms with van der Waals surface area (Å²) < 4.78 is 49.2. The van der Waals surface area contributed by atoms with Crippen molar-refractivity contribution in [1.29, 1.82) is 0 Å². The number of alkyl halides is 3. The molecule has 4 aromatic rings. The number of nitrogens with zero attached hydrogens (tertiary/aromatic N) is 2. The van der Waals surface area contributed by atoms with Crippen LogP contribution in [-0.4, -0.2) is 23.0 Å². The zero-order valence-corrected chi connectivity index (χ0v) is 18.4.